The van der Waals surface area contributed by atoms with Gasteiger partial charge in [0.05, 0.1) is 21.1 Å². The molecule has 0 N–H and O–H groups in total. The molecule has 7 heteroatoms. The standard InChI is InChI=1S/C59H32N5OSi/c1-5-21-41-33(13-1)34-14-2-6-22-42(34)59(41)43-23-9-17-37-38-18-10-24-45-53(38)61(52(37)43)58-44(59)28-31-51-63(58)64(45)56-46(65-51)29-30-50-55(56)62-54-39(40-20-12-32-60(64)57(40)62)19-11-27-49(54)66(50)47-25-7-3-15-35(47)36-16-4-8-26-48(36)66/h1-32H/q+3. The summed E-state index contributed by atoms with van der Waals surface area (Å²) < 4.78 is 18.3. The number of aromatic nitrogens is 4. The summed E-state index contributed by atoms with van der Waals surface area (Å²) in [6, 6.07) is 72.3. The number of rotatable bonds is 0. The molecule has 0 amide bonds. The van der Waals surface area contributed by atoms with Gasteiger partial charge in [0.15, 0.2) is 14.3 Å². The first-order valence-corrected chi connectivity index (χ1v) is 25.1. The van der Waals surface area contributed by atoms with E-state index in [9.17, 15) is 0 Å². The van der Waals surface area contributed by atoms with E-state index in [4.69, 9.17) is 4.74 Å². The smallest absolute Gasteiger partial charge is 0.352 e. The predicted molar refractivity (Wildman–Crippen MR) is 261 cm³/mol. The Morgan fingerprint density at radius 1 is 0.455 bits per heavy atom. The molecule has 300 valence electrons. The number of quaternary nitrogens is 1. The van der Waals surface area contributed by atoms with Gasteiger partial charge in [0.2, 0.25) is 17.0 Å². The van der Waals surface area contributed by atoms with Crippen molar-refractivity contribution in [1.29, 1.82) is 0 Å². The third kappa shape index (κ3) is 2.84. The summed E-state index contributed by atoms with van der Waals surface area (Å²) in [4.78, 5) is 0. The number of nitrogens with zero attached hydrogens (tertiary/aromatic N) is 5. The number of ether oxygens (including phenoxy) is 1. The lowest BCUT2D eigenvalue weighted by Gasteiger charge is -2.43. The van der Waals surface area contributed by atoms with Crippen LogP contribution in [-0.4, -0.2) is 17.2 Å². The molecule has 0 radical (unpaired) electrons. The maximum absolute atomic E-state index is 7.52. The average Bonchev–Trinajstić information content (AvgIpc) is 4.09. The van der Waals surface area contributed by atoms with Crippen molar-refractivity contribution in [3.63, 3.8) is 0 Å². The molecule has 19 rings (SSSR count). The van der Waals surface area contributed by atoms with Gasteiger partial charge in [-0.15, -0.1) is 0 Å². The zero-order chi connectivity index (χ0) is 42.2. The van der Waals surface area contributed by atoms with Gasteiger partial charge in [-0.3, -0.25) is 0 Å². The van der Waals surface area contributed by atoms with Gasteiger partial charge in [-0.25, -0.2) is 0 Å². The maximum Gasteiger partial charge on any atom is 0.352 e. The Morgan fingerprint density at radius 2 is 1.08 bits per heavy atom. The first-order valence-electron chi connectivity index (χ1n) is 23.1. The lowest BCUT2D eigenvalue weighted by molar-refractivity contribution is -1.03. The van der Waals surface area contributed by atoms with Gasteiger partial charge in [0.1, 0.15) is 11.0 Å². The Kier molecular flexibility index (Phi) is 4.88. The van der Waals surface area contributed by atoms with Crippen LogP contribution in [-0.2, 0) is 5.41 Å². The van der Waals surface area contributed by atoms with Gasteiger partial charge in [-0.1, -0.05) is 133 Å². The maximum atomic E-state index is 7.52. The molecule has 6 aliphatic heterocycles. The minimum Gasteiger partial charge on any atom is -0.412 e. The molecule has 1 aliphatic carbocycles. The van der Waals surface area contributed by atoms with Crippen LogP contribution < -0.4 is 39.5 Å². The lowest BCUT2D eigenvalue weighted by atomic mass is 9.66. The highest BCUT2D eigenvalue weighted by atomic mass is 28.3. The van der Waals surface area contributed by atoms with Crippen molar-refractivity contribution in [1.82, 2.24) is 13.8 Å². The van der Waals surface area contributed by atoms with Crippen molar-refractivity contribution in [2.24, 2.45) is 0 Å². The summed E-state index contributed by atoms with van der Waals surface area (Å²) in [5.41, 5.74) is 18.6. The average molecular weight is 855 g/mol. The molecule has 1 unspecified atom stereocenters. The molecule has 6 nitrogen and oxygen atoms in total. The number of para-hydroxylation sites is 3. The molecule has 0 bridgehead atoms. The molecular weight excluding hydrogens is 823 g/mol. The molecule has 66 heavy (non-hydrogen) atoms. The first kappa shape index (κ1) is 32.3. The third-order valence-electron chi connectivity index (χ3n) is 17.1. The molecule has 0 saturated carbocycles. The SMILES string of the molecule is c1ccc2c(c1)-c1ccccc1C21c2ccc3[n+]4c2-n2c5c1cccc5c1cccc(c12)[N+]41c2c(ccc4c2-n2c5c(cccc5c5ccc[n+]1c52)[Si]41c2ccccc2-c2ccccc21)O3. The molecule has 8 aromatic carbocycles. The van der Waals surface area contributed by atoms with Gasteiger partial charge in [-0.2, -0.15) is 9.13 Å². The highest BCUT2D eigenvalue weighted by molar-refractivity contribution is 7.23. The zero-order valence-electron chi connectivity index (χ0n) is 35.1. The van der Waals surface area contributed by atoms with Crippen LogP contribution in [0.4, 0.5) is 11.4 Å². The van der Waals surface area contributed by atoms with Crippen LogP contribution in [0.2, 0.25) is 0 Å². The Labute approximate surface area is 377 Å². The largest absolute Gasteiger partial charge is 0.412 e. The first-order chi connectivity index (χ1) is 32.8. The normalized spacial score (nSPS) is 18.1. The summed E-state index contributed by atoms with van der Waals surface area (Å²) in [5, 5.41) is 10.9. The Balaban J connectivity index is 1.09. The van der Waals surface area contributed by atoms with E-state index in [2.05, 4.69) is 213 Å². The third-order valence-corrected chi connectivity index (χ3v) is 22.0. The van der Waals surface area contributed by atoms with E-state index in [0.29, 0.717) is 0 Å². The van der Waals surface area contributed by atoms with Crippen LogP contribution in [0.25, 0.3) is 77.5 Å². The van der Waals surface area contributed by atoms with E-state index in [-0.39, 0.29) is 4.70 Å². The summed E-state index contributed by atoms with van der Waals surface area (Å²) in [6.45, 7) is 0. The lowest BCUT2D eigenvalue weighted by Crippen LogP contribution is -2.88. The molecule has 4 aromatic heterocycles. The minimum absolute atomic E-state index is 0.288. The van der Waals surface area contributed by atoms with Crippen molar-refractivity contribution < 1.29 is 14.1 Å². The summed E-state index contributed by atoms with van der Waals surface area (Å²) in [5.74, 6) is 2.85. The van der Waals surface area contributed by atoms with Crippen LogP contribution in [0.3, 0.4) is 0 Å². The van der Waals surface area contributed by atoms with E-state index in [1.807, 2.05) is 0 Å². The van der Waals surface area contributed by atoms with Crippen molar-refractivity contribution in [2.45, 2.75) is 5.41 Å². The fourth-order valence-corrected chi connectivity index (χ4v) is 20.7. The van der Waals surface area contributed by atoms with Gasteiger partial charge >= 0.3 is 23.0 Å². The van der Waals surface area contributed by atoms with Crippen LogP contribution in [0, 0.1) is 0 Å². The topological polar surface area (TPSA) is 26.8 Å². The van der Waals surface area contributed by atoms with Crippen LogP contribution in [0.15, 0.2) is 194 Å². The zero-order valence-corrected chi connectivity index (χ0v) is 36.1. The minimum atomic E-state index is -2.95. The Morgan fingerprint density at radius 3 is 1.85 bits per heavy atom. The van der Waals surface area contributed by atoms with E-state index in [0.717, 1.165) is 23.1 Å². The van der Waals surface area contributed by atoms with E-state index in [1.54, 1.807) is 0 Å². The van der Waals surface area contributed by atoms with Gasteiger partial charge < -0.3 is 4.74 Å². The van der Waals surface area contributed by atoms with Crippen molar-refractivity contribution in [3.05, 3.63) is 217 Å². The van der Waals surface area contributed by atoms with Crippen molar-refractivity contribution >= 4 is 83.9 Å². The highest BCUT2D eigenvalue weighted by Gasteiger charge is 2.71. The second-order valence-electron chi connectivity index (χ2n) is 19.3. The van der Waals surface area contributed by atoms with E-state index >= 15 is 0 Å². The summed E-state index contributed by atoms with van der Waals surface area (Å²) in [7, 11) is -2.95. The molecule has 10 heterocycles. The molecule has 0 fully saturated rings. The van der Waals surface area contributed by atoms with Crippen LogP contribution >= 0.6 is 0 Å². The van der Waals surface area contributed by atoms with E-state index in [1.165, 1.54) is 120 Å². The Hall–Kier alpha value is -8.36. The van der Waals surface area contributed by atoms with Gasteiger partial charge in [0, 0.05) is 48.9 Å². The monoisotopic (exact) mass is 854 g/mol. The number of benzene rings is 8. The number of pyridine rings is 2. The number of fused-ring (bicyclic) bond motifs is 16. The number of hydrogen-bond acceptors (Lipinski definition) is 1. The summed E-state index contributed by atoms with van der Waals surface area (Å²) in [6.07, 6.45) is 2.34. The molecule has 0 saturated heterocycles. The Bertz CT molecular complexity index is 4100. The van der Waals surface area contributed by atoms with Crippen LogP contribution in [0.1, 0.15) is 22.3 Å². The van der Waals surface area contributed by atoms with E-state index < -0.39 is 13.5 Å². The second-order valence-corrected chi connectivity index (χ2v) is 22.9. The molecule has 1 atom stereocenters. The molecular formula is C59H32N5OSi+3. The van der Waals surface area contributed by atoms with Gasteiger partial charge in [0.25, 0.3) is 5.69 Å². The number of hydrogen-bond donors (Lipinski definition) is 0. The molecule has 7 aliphatic rings. The summed E-state index contributed by atoms with van der Waals surface area (Å²) >= 11 is 0. The van der Waals surface area contributed by atoms with Gasteiger partial charge in [-0.05, 0) is 90.9 Å². The quantitative estimate of drug-likeness (QED) is 0.0851. The predicted octanol–water partition coefficient (Wildman–Crippen LogP) is 9.10. The fourth-order valence-electron chi connectivity index (χ4n) is 15.2. The fraction of sp³-hybridized carbons (Fsp3) is 0.0169. The highest BCUT2D eigenvalue weighted by Crippen LogP contribution is 2.64. The molecule has 3 spiro atoms. The van der Waals surface area contributed by atoms with Crippen molar-refractivity contribution in [2.75, 3.05) is 0 Å². The van der Waals surface area contributed by atoms with Crippen LogP contribution in [0.5, 0.6) is 11.6 Å². The van der Waals surface area contributed by atoms with Crippen molar-refractivity contribution in [3.8, 4) is 45.4 Å². The molecule has 12 aromatic rings. The second kappa shape index (κ2) is 9.97.